The van der Waals surface area contributed by atoms with Crippen LogP contribution in [0.5, 0.6) is 11.5 Å². The van der Waals surface area contributed by atoms with Crippen molar-refractivity contribution in [2.45, 2.75) is 0 Å². The summed E-state index contributed by atoms with van der Waals surface area (Å²) in [5.41, 5.74) is -2.81. The third-order valence-electron chi connectivity index (χ3n) is 6.47. The smallest absolute Gasteiger partial charge is 0.257 e. The van der Waals surface area contributed by atoms with Gasteiger partial charge < -0.3 is 20.8 Å². The summed E-state index contributed by atoms with van der Waals surface area (Å²) < 4.78 is 0. The predicted molar refractivity (Wildman–Crippen MR) is 172 cm³/mol. The van der Waals surface area contributed by atoms with Gasteiger partial charge in [0.05, 0.1) is 84.9 Å². The van der Waals surface area contributed by atoms with E-state index in [4.69, 9.17) is 92.8 Å². The number of phenols is 2. The number of halogens is 8. The molecule has 0 fully saturated rings. The number of rotatable bonds is 4. The van der Waals surface area contributed by atoms with E-state index < -0.39 is 57.1 Å². The first-order chi connectivity index (χ1) is 20.6. The molecule has 5 rings (SSSR count). The quantitative estimate of drug-likeness (QED) is 0.0821. The molecule has 0 heterocycles. The molecule has 0 spiro atoms. The van der Waals surface area contributed by atoms with Gasteiger partial charge in [0.1, 0.15) is 11.5 Å². The maximum Gasteiger partial charge on any atom is 0.257 e. The molecule has 4 aromatic rings. The third kappa shape index (κ3) is 5.33. The van der Waals surface area contributed by atoms with Gasteiger partial charge in [-0.25, -0.2) is 0 Å². The van der Waals surface area contributed by atoms with Crippen LogP contribution in [0.1, 0.15) is 52.6 Å². The molecule has 16 heteroatoms. The van der Waals surface area contributed by atoms with Crippen molar-refractivity contribution in [3.8, 4) is 11.5 Å². The average molecular weight is 754 g/mol. The number of amides is 2. The maximum atomic E-state index is 13.8. The van der Waals surface area contributed by atoms with Crippen LogP contribution in [0, 0.1) is 0 Å². The highest BCUT2D eigenvalue weighted by Crippen LogP contribution is 2.44. The van der Waals surface area contributed by atoms with E-state index in [0.29, 0.717) is 0 Å². The first kappa shape index (κ1) is 32.5. The van der Waals surface area contributed by atoms with Gasteiger partial charge in [0.2, 0.25) is 11.6 Å². The second kappa shape index (κ2) is 12.1. The highest BCUT2D eigenvalue weighted by Gasteiger charge is 2.39. The van der Waals surface area contributed by atoms with Crippen LogP contribution in [-0.4, -0.2) is 33.6 Å². The van der Waals surface area contributed by atoms with E-state index in [0.717, 1.165) is 36.4 Å². The summed E-state index contributed by atoms with van der Waals surface area (Å²) in [5.74, 6) is -4.98. The Morgan fingerprint density at radius 1 is 0.500 bits per heavy atom. The topological polar surface area (TPSA) is 133 Å². The second-order valence-corrected chi connectivity index (χ2v) is 12.1. The van der Waals surface area contributed by atoms with Crippen LogP contribution in [0.15, 0.2) is 36.4 Å². The van der Waals surface area contributed by atoms with Gasteiger partial charge in [-0.05, 0) is 36.4 Å². The van der Waals surface area contributed by atoms with Crippen molar-refractivity contribution >= 4 is 128 Å². The molecule has 44 heavy (non-hydrogen) atoms. The van der Waals surface area contributed by atoms with Crippen LogP contribution in [0.3, 0.4) is 0 Å². The monoisotopic (exact) mass is 750 g/mol. The van der Waals surface area contributed by atoms with Gasteiger partial charge in [0, 0.05) is 0 Å². The lowest BCUT2D eigenvalue weighted by Gasteiger charge is -2.24. The molecule has 1 aliphatic carbocycles. The molecule has 1 aliphatic rings. The van der Waals surface area contributed by atoms with Gasteiger partial charge in [-0.2, -0.15) is 0 Å². The normalized spacial score (nSPS) is 12.1. The summed E-state index contributed by atoms with van der Waals surface area (Å²) >= 11 is 48.5. The lowest BCUT2D eigenvalue weighted by atomic mass is 9.81. The second-order valence-electron chi connectivity index (χ2n) is 9.03. The van der Waals surface area contributed by atoms with E-state index >= 15 is 0 Å². The average Bonchev–Trinajstić information content (AvgIpc) is 2.98. The van der Waals surface area contributed by atoms with Crippen molar-refractivity contribution in [1.82, 2.24) is 0 Å². The lowest BCUT2D eigenvalue weighted by Crippen LogP contribution is -2.26. The number of carbonyl (C=O) groups is 4. The van der Waals surface area contributed by atoms with E-state index in [1.54, 1.807) is 0 Å². The number of phenolic OH excluding ortho intramolecular Hbond substituents is 2. The Morgan fingerprint density at radius 2 is 0.841 bits per heavy atom. The number of carbonyl (C=O) groups excluding carboxylic acids is 4. The molecule has 224 valence electrons. The molecular formula is C28H10Cl8N2O6. The van der Waals surface area contributed by atoms with Crippen molar-refractivity contribution in [3.63, 3.8) is 0 Å². The number of benzene rings is 4. The molecule has 0 aromatic heterocycles. The number of nitrogens with one attached hydrogen (secondary N) is 2. The zero-order chi connectivity index (χ0) is 32.4. The lowest BCUT2D eigenvalue weighted by molar-refractivity contribution is 0.0973. The predicted octanol–water partition coefficient (Wildman–Crippen LogP) is 9.60. The number of hydrogen-bond acceptors (Lipinski definition) is 6. The SMILES string of the molecule is O=C(Nc1ccc(O)c2c1C(=O)c1c(O)ccc(NC(=O)c3cc(Cl)c(Cl)c(Cl)c3Cl)c1C2=O)c1cc(Cl)c(Cl)c(Cl)c1Cl. The van der Waals surface area contributed by atoms with Crippen molar-refractivity contribution < 1.29 is 29.4 Å². The number of fused-ring (bicyclic) bond motifs is 2. The standard InChI is InChI=1S/C28H10Cl8N2O6/c29-9-5-7(19(31)23(35)21(9)33)27(43)37-11-1-3-13(39)17-15(11)25(41)18-14(40)4-2-12(16(18)26(17)42)38-28(44)8-6-10(30)22(34)24(36)20(8)32/h1-6,39-40H,(H,37,43)(H,38,44). The summed E-state index contributed by atoms with van der Waals surface area (Å²) in [6.45, 7) is 0. The fraction of sp³-hybridized carbons (Fsp3) is 0. The van der Waals surface area contributed by atoms with Gasteiger partial charge in [-0.3, -0.25) is 19.2 Å². The first-order valence-electron chi connectivity index (χ1n) is 11.8. The summed E-state index contributed by atoms with van der Waals surface area (Å²) in [5, 5.41) is 25.1. The Hall–Kier alpha value is -2.92. The molecule has 2 amide bonds. The molecule has 0 unspecified atom stereocenters. The van der Waals surface area contributed by atoms with Crippen LogP contribution in [-0.2, 0) is 0 Å². The van der Waals surface area contributed by atoms with Crippen LogP contribution in [0.4, 0.5) is 11.4 Å². The number of anilines is 2. The minimum atomic E-state index is -0.969. The highest BCUT2D eigenvalue weighted by atomic mass is 35.5. The van der Waals surface area contributed by atoms with Crippen molar-refractivity contribution in [2.24, 2.45) is 0 Å². The Bertz CT molecular complexity index is 1870. The molecular weight excluding hydrogens is 744 g/mol. The van der Waals surface area contributed by atoms with Crippen LogP contribution in [0.25, 0.3) is 0 Å². The number of hydrogen-bond donors (Lipinski definition) is 4. The Morgan fingerprint density at radius 3 is 1.18 bits per heavy atom. The van der Waals surface area contributed by atoms with E-state index in [1.165, 1.54) is 0 Å². The number of ketones is 2. The first-order valence-corrected chi connectivity index (χ1v) is 14.8. The van der Waals surface area contributed by atoms with Gasteiger partial charge in [-0.15, -0.1) is 0 Å². The van der Waals surface area contributed by atoms with Gasteiger partial charge in [0.15, 0.2) is 0 Å². The zero-order valence-corrected chi connectivity index (χ0v) is 27.1. The van der Waals surface area contributed by atoms with E-state index in [-0.39, 0.29) is 62.7 Å². The van der Waals surface area contributed by atoms with Gasteiger partial charge in [-0.1, -0.05) is 92.8 Å². The molecule has 0 saturated heterocycles. The third-order valence-corrected chi connectivity index (χ3v) is 9.97. The highest BCUT2D eigenvalue weighted by molar-refractivity contribution is 6.54. The van der Waals surface area contributed by atoms with Crippen LogP contribution < -0.4 is 10.6 Å². The molecule has 0 bridgehead atoms. The molecule has 0 radical (unpaired) electrons. The minimum absolute atomic E-state index is 0.0805. The molecule has 0 saturated carbocycles. The summed E-state index contributed by atoms with van der Waals surface area (Å²) in [6, 6.07) is 6.74. The van der Waals surface area contributed by atoms with E-state index in [1.807, 2.05) is 0 Å². The number of aromatic hydroxyl groups is 2. The Labute approximate surface area is 287 Å². The zero-order valence-electron chi connectivity index (χ0n) is 21.0. The molecule has 0 aliphatic heterocycles. The van der Waals surface area contributed by atoms with Crippen molar-refractivity contribution in [1.29, 1.82) is 0 Å². The van der Waals surface area contributed by atoms with Crippen molar-refractivity contribution in [2.75, 3.05) is 10.6 Å². The fourth-order valence-electron chi connectivity index (χ4n) is 4.43. The van der Waals surface area contributed by atoms with Gasteiger partial charge >= 0.3 is 0 Å². The maximum absolute atomic E-state index is 13.8. The van der Waals surface area contributed by atoms with Crippen molar-refractivity contribution in [3.05, 3.63) is 110 Å². The fourth-order valence-corrected chi connectivity index (χ4v) is 6.20. The summed E-state index contributed by atoms with van der Waals surface area (Å²) in [6.07, 6.45) is 0. The van der Waals surface area contributed by atoms with Gasteiger partial charge in [0.25, 0.3) is 11.8 Å². The minimum Gasteiger partial charge on any atom is -0.507 e. The van der Waals surface area contributed by atoms with Crippen LogP contribution in [0.2, 0.25) is 40.2 Å². The Kier molecular flexibility index (Phi) is 8.94. The molecule has 4 aromatic carbocycles. The van der Waals surface area contributed by atoms with E-state index in [9.17, 15) is 29.4 Å². The summed E-state index contributed by atoms with van der Waals surface area (Å²) in [7, 11) is 0. The molecule has 4 N–H and O–H groups in total. The molecule has 8 nitrogen and oxygen atoms in total. The Balaban J connectivity index is 1.59. The molecule has 0 atom stereocenters. The van der Waals surface area contributed by atoms with Crippen LogP contribution >= 0.6 is 92.8 Å². The summed E-state index contributed by atoms with van der Waals surface area (Å²) in [4.78, 5) is 54.0. The largest absolute Gasteiger partial charge is 0.507 e. The van der Waals surface area contributed by atoms with E-state index in [2.05, 4.69) is 10.6 Å².